The molecule has 0 aliphatic carbocycles. The number of carbonyl (C=O) groups excluding carboxylic acids is 1. The van der Waals surface area contributed by atoms with Crippen LogP contribution in [0.3, 0.4) is 0 Å². The molecule has 142 valence electrons. The van der Waals surface area contributed by atoms with Crippen molar-refractivity contribution < 1.29 is 4.79 Å². The molecule has 0 fully saturated rings. The zero-order chi connectivity index (χ0) is 19.4. The Morgan fingerprint density at radius 1 is 1.22 bits per heavy atom. The van der Waals surface area contributed by atoms with Gasteiger partial charge in [0.15, 0.2) is 0 Å². The SMILES string of the molecule is CCCc1nnc(-c2cccc(C(=O)N(C)CCn3nc(C)cc3C)c2)s1. The molecule has 0 spiro atoms. The van der Waals surface area contributed by atoms with Gasteiger partial charge < -0.3 is 4.90 Å². The molecular formula is C20H25N5OS. The topological polar surface area (TPSA) is 63.9 Å². The smallest absolute Gasteiger partial charge is 0.253 e. The molecule has 0 unspecified atom stereocenters. The molecule has 3 rings (SSSR count). The molecule has 2 aromatic heterocycles. The van der Waals surface area contributed by atoms with Crippen LogP contribution >= 0.6 is 11.3 Å². The fourth-order valence-corrected chi connectivity index (χ4v) is 3.88. The third kappa shape index (κ3) is 4.60. The third-order valence-electron chi connectivity index (χ3n) is 4.38. The van der Waals surface area contributed by atoms with Crippen LogP contribution in [0, 0.1) is 13.8 Å². The number of amides is 1. The molecule has 0 radical (unpaired) electrons. The minimum atomic E-state index is -0.00308. The van der Waals surface area contributed by atoms with E-state index in [1.807, 2.05) is 55.9 Å². The molecule has 0 bridgehead atoms. The second-order valence-electron chi connectivity index (χ2n) is 6.71. The van der Waals surface area contributed by atoms with E-state index in [9.17, 15) is 4.79 Å². The van der Waals surface area contributed by atoms with Crippen molar-refractivity contribution in [2.75, 3.05) is 13.6 Å². The molecule has 6 nitrogen and oxygen atoms in total. The van der Waals surface area contributed by atoms with Gasteiger partial charge in [0.05, 0.1) is 12.2 Å². The van der Waals surface area contributed by atoms with Gasteiger partial charge in [-0.2, -0.15) is 5.10 Å². The third-order valence-corrected chi connectivity index (χ3v) is 5.42. The van der Waals surface area contributed by atoms with Crippen molar-refractivity contribution in [3.8, 4) is 10.6 Å². The van der Waals surface area contributed by atoms with Crippen LogP contribution in [0.4, 0.5) is 0 Å². The number of benzene rings is 1. The molecule has 1 aromatic carbocycles. The molecule has 7 heteroatoms. The van der Waals surface area contributed by atoms with E-state index in [0.717, 1.165) is 39.8 Å². The van der Waals surface area contributed by atoms with E-state index in [1.54, 1.807) is 16.2 Å². The number of aryl methyl sites for hydroxylation is 3. The van der Waals surface area contributed by atoms with Crippen LogP contribution in [0.25, 0.3) is 10.6 Å². The monoisotopic (exact) mass is 383 g/mol. The number of carbonyl (C=O) groups is 1. The van der Waals surface area contributed by atoms with E-state index >= 15 is 0 Å². The standard InChI is InChI=1S/C20H25N5OS/c1-5-7-18-21-22-19(27-18)16-8-6-9-17(13-16)20(26)24(4)10-11-25-15(3)12-14(2)23-25/h6,8-9,12-13H,5,7,10-11H2,1-4H3. The predicted octanol–water partition coefficient (Wildman–Crippen LogP) is 3.74. The molecule has 0 aliphatic heterocycles. The predicted molar refractivity (Wildman–Crippen MR) is 108 cm³/mol. The summed E-state index contributed by atoms with van der Waals surface area (Å²) in [6.45, 7) is 7.41. The summed E-state index contributed by atoms with van der Waals surface area (Å²) in [6.07, 6.45) is 1.98. The Kier molecular flexibility index (Phi) is 6.01. The molecule has 0 saturated carbocycles. The number of aromatic nitrogens is 4. The average molecular weight is 384 g/mol. The Balaban J connectivity index is 1.69. The molecule has 0 atom stereocenters. The summed E-state index contributed by atoms with van der Waals surface area (Å²) in [5.74, 6) is -0.00308. The first kappa shape index (κ1) is 19.2. The van der Waals surface area contributed by atoms with Crippen molar-refractivity contribution in [1.29, 1.82) is 0 Å². The highest BCUT2D eigenvalue weighted by Gasteiger charge is 2.14. The van der Waals surface area contributed by atoms with Gasteiger partial charge in [-0.25, -0.2) is 0 Å². The van der Waals surface area contributed by atoms with Gasteiger partial charge in [0.25, 0.3) is 5.91 Å². The van der Waals surface area contributed by atoms with Gasteiger partial charge in [0, 0.05) is 36.8 Å². The van der Waals surface area contributed by atoms with Gasteiger partial charge in [0.1, 0.15) is 10.0 Å². The zero-order valence-electron chi connectivity index (χ0n) is 16.3. The largest absolute Gasteiger partial charge is 0.340 e. The van der Waals surface area contributed by atoms with Crippen LogP contribution in [0.15, 0.2) is 30.3 Å². The summed E-state index contributed by atoms with van der Waals surface area (Å²) in [5.41, 5.74) is 3.70. The average Bonchev–Trinajstić information content (AvgIpc) is 3.25. The lowest BCUT2D eigenvalue weighted by Gasteiger charge is -2.18. The molecule has 0 aliphatic rings. The van der Waals surface area contributed by atoms with Crippen LogP contribution < -0.4 is 0 Å². The van der Waals surface area contributed by atoms with Crippen molar-refractivity contribution in [3.63, 3.8) is 0 Å². The number of hydrogen-bond acceptors (Lipinski definition) is 5. The Labute approximate surface area is 163 Å². The highest BCUT2D eigenvalue weighted by molar-refractivity contribution is 7.14. The maximum atomic E-state index is 12.8. The Morgan fingerprint density at radius 3 is 2.74 bits per heavy atom. The Hall–Kier alpha value is -2.54. The number of likely N-dealkylation sites (N-methyl/N-ethyl adjacent to an activating group) is 1. The normalized spacial score (nSPS) is 11.0. The van der Waals surface area contributed by atoms with Gasteiger partial charge in [-0.3, -0.25) is 9.48 Å². The van der Waals surface area contributed by atoms with Crippen molar-refractivity contribution >= 4 is 17.2 Å². The quantitative estimate of drug-likeness (QED) is 0.623. The number of rotatable bonds is 7. The Bertz CT molecular complexity index is 930. The van der Waals surface area contributed by atoms with Gasteiger partial charge >= 0.3 is 0 Å². The minimum Gasteiger partial charge on any atom is -0.340 e. The minimum absolute atomic E-state index is 0.00308. The molecule has 3 aromatic rings. The lowest BCUT2D eigenvalue weighted by atomic mass is 10.1. The summed E-state index contributed by atoms with van der Waals surface area (Å²) >= 11 is 1.59. The fraction of sp³-hybridized carbons (Fsp3) is 0.400. The van der Waals surface area contributed by atoms with Crippen molar-refractivity contribution in [2.24, 2.45) is 0 Å². The van der Waals surface area contributed by atoms with Crippen LogP contribution in [0.2, 0.25) is 0 Å². The van der Waals surface area contributed by atoms with E-state index < -0.39 is 0 Å². The Morgan fingerprint density at radius 2 is 2.04 bits per heavy atom. The van der Waals surface area contributed by atoms with Gasteiger partial charge in [-0.1, -0.05) is 30.4 Å². The van der Waals surface area contributed by atoms with E-state index in [4.69, 9.17) is 0 Å². The second-order valence-corrected chi connectivity index (χ2v) is 7.77. The summed E-state index contributed by atoms with van der Waals surface area (Å²) < 4.78 is 1.94. The van der Waals surface area contributed by atoms with E-state index in [-0.39, 0.29) is 5.91 Å². The zero-order valence-corrected chi connectivity index (χ0v) is 17.1. The first-order chi connectivity index (χ1) is 13.0. The molecule has 2 heterocycles. The van der Waals surface area contributed by atoms with Crippen molar-refractivity contribution in [3.05, 3.63) is 52.3 Å². The maximum Gasteiger partial charge on any atom is 0.253 e. The highest BCUT2D eigenvalue weighted by atomic mass is 32.1. The van der Waals surface area contributed by atoms with Crippen LogP contribution in [-0.2, 0) is 13.0 Å². The highest BCUT2D eigenvalue weighted by Crippen LogP contribution is 2.25. The summed E-state index contributed by atoms with van der Waals surface area (Å²) in [5, 5.41) is 14.8. The molecule has 0 N–H and O–H groups in total. The van der Waals surface area contributed by atoms with E-state index in [0.29, 0.717) is 18.7 Å². The second kappa shape index (κ2) is 8.43. The summed E-state index contributed by atoms with van der Waals surface area (Å²) in [7, 11) is 1.82. The van der Waals surface area contributed by atoms with Crippen LogP contribution in [0.5, 0.6) is 0 Å². The van der Waals surface area contributed by atoms with E-state index in [2.05, 4.69) is 22.2 Å². The molecule has 1 amide bonds. The molecule has 0 saturated heterocycles. The number of nitrogens with zero attached hydrogens (tertiary/aromatic N) is 5. The first-order valence-corrected chi connectivity index (χ1v) is 9.99. The van der Waals surface area contributed by atoms with Crippen LogP contribution in [-0.4, -0.2) is 44.4 Å². The summed E-state index contributed by atoms with van der Waals surface area (Å²) in [6, 6.07) is 9.67. The lowest BCUT2D eigenvalue weighted by molar-refractivity contribution is 0.0788. The van der Waals surface area contributed by atoms with Crippen LogP contribution in [0.1, 0.15) is 40.1 Å². The lowest BCUT2D eigenvalue weighted by Crippen LogP contribution is -2.30. The first-order valence-electron chi connectivity index (χ1n) is 9.17. The van der Waals surface area contributed by atoms with Crippen molar-refractivity contribution in [1.82, 2.24) is 24.9 Å². The van der Waals surface area contributed by atoms with Gasteiger partial charge in [-0.05, 0) is 38.5 Å². The fourth-order valence-electron chi connectivity index (χ4n) is 2.94. The molecular weight excluding hydrogens is 358 g/mol. The van der Waals surface area contributed by atoms with Gasteiger partial charge in [0.2, 0.25) is 0 Å². The van der Waals surface area contributed by atoms with Crippen molar-refractivity contribution in [2.45, 2.75) is 40.2 Å². The maximum absolute atomic E-state index is 12.8. The van der Waals surface area contributed by atoms with E-state index in [1.165, 1.54) is 0 Å². The summed E-state index contributed by atoms with van der Waals surface area (Å²) in [4.78, 5) is 14.5. The molecule has 27 heavy (non-hydrogen) atoms. The number of hydrogen-bond donors (Lipinski definition) is 0. The van der Waals surface area contributed by atoms with Gasteiger partial charge in [-0.15, -0.1) is 10.2 Å².